The number of hydrogen-bond donors (Lipinski definition) is 0. The fraction of sp³-hybridized carbons (Fsp3) is 0.111. The number of carbonyl (C=O) groups excluding carboxylic acids is 1. The number of carbonyl (C=O) groups is 1. The van der Waals surface area contributed by atoms with Crippen LogP contribution < -0.4 is 9.47 Å². The number of halogens is 1. The van der Waals surface area contributed by atoms with E-state index in [9.17, 15) is 4.79 Å². The van der Waals surface area contributed by atoms with Crippen LogP contribution in [-0.2, 0) is 9.53 Å². The lowest BCUT2D eigenvalue weighted by atomic mass is 10.1. The van der Waals surface area contributed by atoms with Crippen LogP contribution in [0.15, 0.2) is 45.6 Å². The monoisotopic (exact) mass is 357 g/mol. The number of terminal acetylenes is 1. The average Bonchev–Trinajstić information content (AvgIpc) is 3.24. The molecule has 0 radical (unpaired) electrons. The molecule has 0 fully saturated rings. The lowest BCUT2D eigenvalue weighted by molar-refractivity contribution is -0.130. The quantitative estimate of drug-likeness (QED) is 0.466. The minimum absolute atomic E-state index is 0.0552. The summed E-state index contributed by atoms with van der Waals surface area (Å²) in [7, 11) is 1.47. The zero-order valence-electron chi connectivity index (χ0n) is 13.1. The maximum Gasteiger partial charge on any atom is 0.363 e. The summed E-state index contributed by atoms with van der Waals surface area (Å²) in [6.45, 7) is 0.0552. The number of aliphatic imine (C=N–C) groups is 1. The summed E-state index contributed by atoms with van der Waals surface area (Å²) < 4.78 is 20.9. The molecular weight excluding hydrogens is 346 g/mol. The van der Waals surface area contributed by atoms with Crippen molar-refractivity contribution in [2.45, 2.75) is 0 Å². The molecule has 0 bridgehead atoms. The molecule has 6 nitrogen and oxygen atoms in total. The maximum atomic E-state index is 12.0. The molecule has 1 aliphatic heterocycles. The van der Waals surface area contributed by atoms with Crippen molar-refractivity contribution in [3.8, 4) is 23.8 Å². The Bertz CT molecular complexity index is 906. The van der Waals surface area contributed by atoms with Crippen LogP contribution in [0.25, 0.3) is 6.08 Å². The highest BCUT2D eigenvalue weighted by Gasteiger charge is 2.26. The smallest absolute Gasteiger partial charge is 0.363 e. The normalized spacial score (nSPS) is 14.8. The second-order valence-electron chi connectivity index (χ2n) is 4.84. The largest absolute Gasteiger partial charge is 0.493 e. The van der Waals surface area contributed by atoms with Gasteiger partial charge in [0.2, 0.25) is 0 Å². The summed E-state index contributed by atoms with van der Waals surface area (Å²) >= 11 is 6.21. The van der Waals surface area contributed by atoms with Crippen molar-refractivity contribution in [2.24, 2.45) is 4.99 Å². The Morgan fingerprint density at radius 3 is 2.96 bits per heavy atom. The Morgan fingerprint density at radius 2 is 2.28 bits per heavy atom. The number of methoxy groups -OCH3 is 1. The highest BCUT2D eigenvalue weighted by molar-refractivity contribution is 6.32. The van der Waals surface area contributed by atoms with Crippen LogP contribution in [0.5, 0.6) is 11.5 Å². The molecule has 0 saturated carbocycles. The van der Waals surface area contributed by atoms with E-state index in [4.69, 9.17) is 36.7 Å². The third kappa shape index (κ3) is 3.52. The second kappa shape index (κ2) is 7.16. The van der Waals surface area contributed by atoms with Gasteiger partial charge in [0.1, 0.15) is 6.61 Å². The molecule has 1 aliphatic rings. The molecule has 0 N–H and O–H groups in total. The number of hydrogen-bond acceptors (Lipinski definition) is 6. The molecule has 126 valence electrons. The lowest BCUT2D eigenvalue weighted by Crippen LogP contribution is -2.04. The van der Waals surface area contributed by atoms with Gasteiger partial charge >= 0.3 is 5.97 Å². The average molecular weight is 358 g/mol. The number of cyclic esters (lactones) is 1. The van der Waals surface area contributed by atoms with Gasteiger partial charge < -0.3 is 18.6 Å². The van der Waals surface area contributed by atoms with Gasteiger partial charge in [-0.15, -0.1) is 6.42 Å². The highest BCUT2D eigenvalue weighted by atomic mass is 35.5. The molecule has 25 heavy (non-hydrogen) atoms. The first-order chi connectivity index (χ1) is 12.1. The van der Waals surface area contributed by atoms with Crippen molar-refractivity contribution in [3.05, 3.63) is 52.6 Å². The molecule has 2 aromatic rings. The van der Waals surface area contributed by atoms with Crippen LogP contribution in [0, 0.1) is 12.3 Å². The molecule has 0 aliphatic carbocycles. The summed E-state index contributed by atoms with van der Waals surface area (Å²) in [5.74, 6) is 2.96. The predicted octanol–water partition coefficient (Wildman–Crippen LogP) is 3.30. The fourth-order valence-electron chi connectivity index (χ4n) is 2.15. The lowest BCUT2D eigenvalue weighted by Gasteiger charge is -2.11. The van der Waals surface area contributed by atoms with E-state index in [1.54, 1.807) is 24.3 Å². The van der Waals surface area contributed by atoms with Crippen LogP contribution >= 0.6 is 11.6 Å². The number of furan rings is 1. The highest BCUT2D eigenvalue weighted by Crippen LogP contribution is 2.37. The van der Waals surface area contributed by atoms with E-state index < -0.39 is 5.97 Å². The third-order valence-corrected chi connectivity index (χ3v) is 3.49. The van der Waals surface area contributed by atoms with Crippen molar-refractivity contribution < 1.29 is 23.4 Å². The minimum atomic E-state index is -0.589. The Kier molecular flexibility index (Phi) is 4.78. The van der Waals surface area contributed by atoms with Gasteiger partial charge in [-0.25, -0.2) is 9.79 Å². The number of benzene rings is 1. The van der Waals surface area contributed by atoms with Gasteiger partial charge in [0.25, 0.3) is 5.90 Å². The number of esters is 1. The molecule has 1 aromatic carbocycles. The first-order valence-electron chi connectivity index (χ1n) is 7.12. The fourth-order valence-corrected chi connectivity index (χ4v) is 2.42. The molecule has 0 atom stereocenters. The first-order valence-corrected chi connectivity index (χ1v) is 7.50. The topological polar surface area (TPSA) is 70.3 Å². The standard InChI is InChI=1S/C18H12ClNO5/c1-3-6-24-16-12(19)8-11(10-15(16)22-2)9-13-18(21)25-17(20-13)14-5-4-7-23-14/h1,4-5,7-10H,6H2,2H3/b13-9+. The second-order valence-corrected chi connectivity index (χ2v) is 5.25. The molecule has 2 heterocycles. The number of nitrogens with zero attached hydrogens (tertiary/aromatic N) is 1. The minimum Gasteiger partial charge on any atom is -0.493 e. The molecule has 0 unspecified atom stereocenters. The van der Waals surface area contributed by atoms with Crippen molar-refractivity contribution in [1.29, 1.82) is 0 Å². The number of rotatable bonds is 5. The molecule has 0 saturated heterocycles. The van der Waals surface area contributed by atoms with E-state index >= 15 is 0 Å². The Morgan fingerprint density at radius 1 is 1.44 bits per heavy atom. The van der Waals surface area contributed by atoms with Crippen LogP contribution in [0.2, 0.25) is 5.02 Å². The summed E-state index contributed by atoms with van der Waals surface area (Å²) in [4.78, 5) is 16.1. The van der Waals surface area contributed by atoms with Crippen LogP contribution in [-0.4, -0.2) is 25.6 Å². The maximum absolute atomic E-state index is 12.0. The Labute approximate surface area is 148 Å². The van der Waals surface area contributed by atoms with Gasteiger partial charge in [-0.2, -0.15) is 0 Å². The van der Waals surface area contributed by atoms with Gasteiger partial charge in [-0.1, -0.05) is 17.5 Å². The van der Waals surface area contributed by atoms with Crippen molar-refractivity contribution in [1.82, 2.24) is 0 Å². The van der Waals surface area contributed by atoms with Crippen molar-refractivity contribution >= 4 is 29.5 Å². The van der Waals surface area contributed by atoms with Gasteiger partial charge in [-0.3, -0.25) is 0 Å². The molecule has 1 aromatic heterocycles. The summed E-state index contributed by atoms with van der Waals surface area (Å²) in [6, 6.07) is 6.58. The summed E-state index contributed by atoms with van der Waals surface area (Å²) in [5, 5.41) is 0.294. The van der Waals surface area contributed by atoms with E-state index in [0.29, 0.717) is 27.8 Å². The first kappa shape index (κ1) is 16.7. The van der Waals surface area contributed by atoms with E-state index in [1.807, 2.05) is 0 Å². The summed E-state index contributed by atoms with van der Waals surface area (Å²) in [5.41, 5.74) is 0.702. The molecule has 7 heteroatoms. The Hall–Kier alpha value is -3.17. The van der Waals surface area contributed by atoms with Gasteiger partial charge in [-0.05, 0) is 35.9 Å². The van der Waals surface area contributed by atoms with Gasteiger partial charge in [0.05, 0.1) is 18.4 Å². The van der Waals surface area contributed by atoms with Crippen LogP contribution in [0.3, 0.4) is 0 Å². The predicted molar refractivity (Wildman–Crippen MR) is 91.6 cm³/mol. The SMILES string of the molecule is C#CCOc1c(Cl)cc(/C=C2/N=C(c3ccco3)OC2=O)cc1OC. The molecule has 3 rings (SSSR count). The Balaban J connectivity index is 1.94. The summed E-state index contributed by atoms with van der Waals surface area (Å²) in [6.07, 6.45) is 8.17. The van der Waals surface area contributed by atoms with E-state index in [-0.39, 0.29) is 18.2 Å². The molecule has 0 spiro atoms. The number of ether oxygens (including phenoxy) is 3. The third-order valence-electron chi connectivity index (χ3n) is 3.21. The zero-order chi connectivity index (χ0) is 17.8. The molecule has 0 amide bonds. The van der Waals surface area contributed by atoms with Crippen LogP contribution in [0.1, 0.15) is 11.3 Å². The van der Waals surface area contributed by atoms with Gasteiger partial charge in [0, 0.05) is 0 Å². The van der Waals surface area contributed by atoms with Crippen molar-refractivity contribution in [2.75, 3.05) is 13.7 Å². The van der Waals surface area contributed by atoms with E-state index in [2.05, 4.69) is 10.9 Å². The zero-order valence-corrected chi connectivity index (χ0v) is 13.9. The van der Waals surface area contributed by atoms with E-state index in [0.717, 1.165) is 0 Å². The molecular formula is C18H12ClNO5. The van der Waals surface area contributed by atoms with Gasteiger partial charge in [0.15, 0.2) is 23.0 Å². The van der Waals surface area contributed by atoms with E-state index in [1.165, 1.54) is 19.4 Å². The van der Waals surface area contributed by atoms with Crippen LogP contribution in [0.4, 0.5) is 0 Å². The van der Waals surface area contributed by atoms with Crippen molar-refractivity contribution in [3.63, 3.8) is 0 Å².